The topological polar surface area (TPSA) is 64.6 Å². The van der Waals surface area contributed by atoms with Gasteiger partial charge in [-0.2, -0.15) is 8.78 Å². The Labute approximate surface area is 143 Å². The minimum Gasteiger partial charge on any atom is -0.497 e. The van der Waals surface area contributed by atoms with E-state index in [2.05, 4.69) is 4.72 Å². The van der Waals surface area contributed by atoms with E-state index >= 15 is 0 Å². The highest BCUT2D eigenvalue weighted by Crippen LogP contribution is 2.35. The van der Waals surface area contributed by atoms with E-state index in [0.717, 1.165) is 0 Å². The Morgan fingerprint density at radius 3 is 2.42 bits per heavy atom. The van der Waals surface area contributed by atoms with Crippen molar-refractivity contribution in [1.82, 2.24) is 0 Å². The van der Waals surface area contributed by atoms with Crippen LogP contribution in [0.15, 0.2) is 52.3 Å². The summed E-state index contributed by atoms with van der Waals surface area (Å²) in [7, 11) is -1.32. The van der Waals surface area contributed by atoms with Gasteiger partial charge in [0.05, 0.1) is 19.9 Å². The molecule has 0 aliphatic carbocycles. The smallest absolute Gasteiger partial charge is 0.288 e. The Bertz CT molecular complexity index is 813. The third kappa shape index (κ3) is 4.30. The highest BCUT2D eigenvalue weighted by Gasteiger charge is 2.22. The SMILES string of the molecule is COc1ccc(OC)c(S(=O)(=O)Nc2ccccc2SC(F)F)c1. The van der Waals surface area contributed by atoms with E-state index in [4.69, 9.17) is 9.47 Å². The van der Waals surface area contributed by atoms with Crippen molar-refractivity contribution < 1.29 is 26.7 Å². The summed E-state index contributed by atoms with van der Waals surface area (Å²) in [5, 5.41) is 0. The molecule has 0 aliphatic rings. The summed E-state index contributed by atoms with van der Waals surface area (Å²) in [6.07, 6.45) is 0. The van der Waals surface area contributed by atoms with Crippen LogP contribution in [-0.2, 0) is 10.0 Å². The maximum Gasteiger partial charge on any atom is 0.288 e. The molecule has 0 saturated heterocycles. The lowest BCUT2D eigenvalue weighted by molar-refractivity contribution is 0.252. The van der Waals surface area contributed by atoms with Gasteiger partial charge in [-0.15, -0.1) is 0 Å². The number of halogens is 2. The zero-order chi connectivity index (χ0) is 17.7. The van der Waals surface area contributed by atoms with Gasteiger partial charge in [0.2, 0.25) is 0 Å². The first-order valence-corrected chi connectivity index (χ1v) is 9.02. The normalized spacial score (nSPS) is 11.4. The quantitative estimate of drug-likeness (QED) is 0.746. The highest BCUT2D eigenvalue weighted by atomic mass is 32.2. The van der Waals surface area contributed by atoms with Gasteiger partial charge in [0.1, 0.15) is 16.4 Å². The molecule has 1 N–H and O–H groups in total. The molecule has 0 spiro atoms. The van der Waals surface area contributed by atoms with Crippen molar-refractivity contribution in [3.63, 3.8) is 0 Å². The van der Waals surface area contributed by atoms with Gasteiger partial charge >= 0.3 is 0 Å². The van der Waals surface area contributed by atoms with Crippen molar-refractivity contribution in [3.05, 3.63) is 42.5 Å². The van der Waals surface area contributed by atoms with Gasteiger partial charge in [0, 0.05) is 11.0 Å². The lowest BCUT2D eigenvalue weighted by Crippen LogP contribution is -2.15. The number of ether oxygens (including phenoxy) is 2. The molecule has 2 aromatic carbocycles. The van der Waals surface area contributed by atoms with Crippen LogP contribution >= 0.6 is 11.8 Å². The highest BCUT2D eigenvalue weighted by molar-refractivity contribution is 7.99. The number of hydrogen-bond acceptors (Lipinski definition) is 5. The van der Waals surface area contributed by atoms with Crippen molar-refractivity contribution in [2.75, 3.05) is 18.9 Å². The van der Waals surface area contributed by atoms with Crippen molar-refractivity contribution in [3.8, 4) is 11.5 Å². The van der Waals surface area contributed by atoms with Crippen LogP contribution in [0.5, 0.6) is 11.5 Å². The zero-order valence-electron chi connectivity index (χ0n) is 12.8. The molecule has 5 nitrogen and oxygen atoms in total. The van der Waals surface area contributed by atoms with Crippen LogP contribution in [-0.4, -0.2) is 28.4 Å². The number of alkyl halides is 2. The molecule has 0 unspecified atom stereocenters. The largest absolute Gasteiger partial charge is 0.497 e. The summed E-state index contributed by atoms with van der Waals surface area (Å²) in [6, 6.07) is 10.2. The minimum atomic E-state index is -4.06. The number of hydrogen-bond donors (Lipinski definition) is 1. The van der Waals surface area contributed by atoms with Crippen LogP contribution in [0.4, 0.5) is 14.5 Å². The Morgan fingerprint density at radius 1 is 1.08 bits per heavy atom. The molecular weight excluding hydrogens is 360 g/mol. The van der Waals surface area contributed by atoms with Gasteiger partial charge in [-0.05, 0) is 24.3 Å². The van der Waals surface area contributed by atoms with Crippen LogP contribution in [0.1, 0.15) is 0 Å². The maximum absolute atomic E-state index is 12.6. The van der Waals surface area contributed by atoms with Crippen LogP contribution in [0.2, 0.25) is 0 Å². The summed E-state index contributed by atoms with van der Waals surface area (Å²) < 4.78 is 62.9. The fourth-order valence-corrected chi connectivity index (χ4v) is 3.87. The number of thioether (sulfide) groups is 1. The fraction of sp³-hybridized carbons (Fsp3) is 0.200. The molecule has 0 aromatic heterocycles. The monoisotopic (exact) mass is 375 g/mol. The average Bonchev–Trinajstić information content (AvgIpc) is 2.55. The van der Waals surface area contributed by atoms with Crippen LogP contribution in [0, 0.1) is 0 Å². The lowest BCUT2D eigenvalue weighted by Gasteiger charge is -2.14. The zero-order valence-corrected chi connectivity index (χ0v) is 14.5. The molecule has 2 aromatic rings. The lowest BCUT2D eigenvalue weighted by atomic mass is 10.3. The van der Waals surface area contributed by atoms with Crippen molar-refractivity contribution in [1.29, 1.82) is 0 Å². The van der Waals surface area contributed by atoms with Gasteiger partial charge in [-0.3, -0.25) is 4.72 Å². The van der Waals surface area contributed by atoms with Gasteiger partial charge in [0.25, 0.3) is 15.8 Å². The van der Waals surface area contributed by atoms with Crippen molar-refractivity contribution in [2.24, 2.45) is 0 Å². The predicted molar refractivity (Wildman–Crippen MR) is 88.7 cm³/mol. The summed E-state index contributed by atoms with van der Waals surface area (Å²) in [4.78, 5) is -0.0286. The molecule has 0 saturated carbocycles. The Balaban J connectivity index is 2.43. The van der Waals surface area contributed by atoms with E-state index in [-0.39, 0.29) is 33.0 Å². The predicted octanol–water partition coefficient (Wildman–Crippen LogP) is 3.82. The van der Waals surface area contributed by atoms with E-state index in [0.29, 0.717) is 5.75 Å². The number of nitrogens with one attached hydrogen (secondary N) is 1. The Kier molecular flexibility index (Phi) is 5.89. The van der Waals surface area contributed by atoms with Crippen LogP contribution in [0.3, 0.4) is 0 Å². The summed E-state index contributed by atoms with van der Waals surface area (Å²) in [6.45, 7) is 0. The third-order valence-electron chi connectivity index (χ3n) is 3.01. The molecule has 0 atom stereocenters. The molecule has 0 bridgehead atoms. The molecule has 0 heterocycles. The van der Waals surface area contributed by atoms with Crippen molar-refractivity contribution in [2.45, 2.75) is 15.5 Å². The van der Waals surface area contributed by atoms with E-state index in [9.17, 15) is 17.2 Å². The van der Waals surface area contributed by atoms with Gasteiger partial charge < -0.3 is 9.47 Å². The molecule has 9 heteroatoms. The number of methoxy groups -OCH3 is 2. The maximum atomic E-state index is 12.6. The minimum absolute atomic E-state index is 0.0627. The molecule has 0 fully saturated rings. The molecule has 24 heavy (non-hydrogen) atoms. The van der Waals surface area contributed by atoms with Gasteiger partial charge in [-0.25, -0.2) is 8.42 Å². The Hall–Kier alpha value is -2.00. The molecule has 130 valence electrons. The second-order valence-corrected chi connectivity index (χ2v) is 7.18. The summed E-state index contributed by atoms with van der Waals surface area (Å²) >= 11 is 0.262. The van der Waals surface area contributed by atoms with E-state index in [1.54, 1.807) is 18.2 Å². The van der Waals surface area contributed by atoms with E-state index < -0.39 is 15.8 Å². The molecule has 0 radical (unpaired) electrons. The standard InChI is InChI=1S/C15H15F2NO4S2/c1-21-10-7-8-12(22-2)14(9-10)24(19,20)18-11-5-3-4-6-13(11)23-15(16)17/h3-9,15,18H,1-2H3. The van der Waals surface area contributed by atoms with E-state index in [1.807, 2.05) is 0 Å². The first-order chi connectivity index (χ1) is 11.4. The molecular formula is C15H15F2NO4S2. The Morgan fingerprint density at radius 2 is 1.79 bits per heavy atom. The van der Waals surface area contributed by atoms with E-state index in [1.165, 1.54) is 38.5 Å². The van der Waals surface area contributed by atoms with Crippen molar-refractivity contribution >= 4 is 27.5 Å². The summed E-state index contributed by atoms with van der Waals surface area (Å²) in [5.41, 5.74) is 0.0627. The molecule has 2 rings (SSSR count). The molecule has 0 amide bonds. The second-order valence-electron chi connectivity index (χ2n) is 4.50. The second kappa shape index (κ2) is 7.71. The first kappa shape index (κ1) is 18.3. The van der Waals surface area contributed by atoms with Gasteiger partial charge in [0.15, 0.2) is 0 Å². The number of anilines is 1. The third-order valence-corrected chi connectivity index (χ3v) is 5.18. The van der Waals surface area contributed by atoms with Gasteiger partial charge in [-0.1, -0.05) is 23.9 Å². The number of para-hydroxylation sites is 1. The number of rotatable bonds is 7. The number of benzene rings is 2. The number of sulfonamides is 1. The van der Waals surface area contributed by atoms with Crippen LogP contribution in [0.25, 0.3) is 0 Å². The van der Waals surface area contributed by atoms with Crippen LogP contribution < -0.4 is 14.2 Å². The molecule has 0 aliphatic heterocycles. The first-order valence-electron chi connectivity index (χ1n) is 6.66. The summed E-state index contributed by atoms with van der Waals surface area (Å²) in [5.74, 6) is -2.23. The average molecular weight is 375 g/mol. The fourth-order valence-electron chi connectivity index (χ4n) is 1.94.